The Balaban J connectivity index is 1.41. The SMILES string of the molecule is CN1CC(=O)N(CC(=O)NCCCN2CCCc3ccccc32)C1=O. The maximum absolute atomic E-state index is 12.0. The molecule has 0 atom stereocenters. The first kappa shape index (κ1) is 17.3. The lowest BCUT2D eigenvalue weighted by atomic mass is 10.0. The zero-order valence-electron chi connectivity index (χ0n) is 14.5. The molecule has 1 aromatic rings. The molecule has 25 heavy (non-hydrogen) atoms. The summed E-state index contributed by atoms with van der Waals surface area (Å²) in [6.07, 6.45) is 3.09. The van der Waals surface area contributed by atoms with Gasteiger partial charge in [-0.15, -0.1) is 0 Å². The Morgan fingerprint density at radius 1 is 1.24 bits per heavy atom. The van der Waals surface area contributed by atoms with Gasteiger partial charge in [0.25, 0.3) is 5.91 Å². The molecular weight excluding hydrogens is 320 g/mol. The van der Waals surface area contributed by atoms with Gasteiger partial charge in [-0.3, -0.25) is 14.5 Å². The number of likely N-dealkylation sites (N-methyl/N-ethyl adjacent to an activating group) is 1. The number of aryl methyl sites for hydroxylation is 1. The van der Waals surface area contributed by atoms with Gasteiger partial charge < -0.3 is 15.1 Å². The summed E-state index contributed by atoms with van der Waals surface area (Å²) < 4.78 is 0. The zero-order valence-corrected chi connectivity index (χ0v) is 14.5. The fourth-order valence-electron chi connectivity index (χ4n) is 3.37. The van der Waals surface area contributed by atoms with E-state index >= 15 is 0 Å². The summed E-state index contributed by atoms with van der Waals surface area (Å²) in [4.78, 5) is 40.0. The van der Waals surface area contributed by atoms with Crippen molar-refractivity contribution in [1.82, 2.24) is 15.1 Å². The van der Waals surface area contributed by atoms with E-state index in [2.05, 4.69) is 34.5 Å². The standard InChI is InChI=1S/C18H24N4O3/c1-20-13-17(24)22(18(20)25)12-16(23)19-9-5-11-21-10-4-7-14-6-2-3-8-15(14)21/h2-3,6,8H,4-5,7,9-13H2,1H3,(H,19,23). The van der Waals surface area contributed by atoms with Crippen LogP contribution in [0.1, 0.15) is 18.4 Å². The van der Waals surface area contributed by atoms with Gasteiger partial charge in [0.2, 0.25) is 5.91 Å². The number of para-hydroxylation sites is 1. The summed E-state index contributed by atoms with van der Waals surface area (Å²) in [5.41, 5.74) is 2.67. The number of urea groups is 1. The lowest BCUT2D eigenvalue weighted by Gasteiger charge is -2.31. The normalized spacial score (nSPS) is 17.1. The largest absolute Gasteiger partial charge is 0.371 e. The molecule has 1 aromatic carbocycles. The summed E-state index contributed by atoms with van der Waals surface area (Å²) in [6, 6.07) is 8.03. The van der Waals surface area contributed by atoms with Crippen LogP contribution in [0, 0.1) is 0 Å². The molecule has 0 aromatic heterocycles. The number of fused-ring (bicyclic) bond motifs is 1. The molecule has 2 aliphatic rings. The quantitative estimate of drug-likeness (QED) is 0.613. The van der Waals surface area contributed by atoms with E-state index in [0.717, 1.165) is 37.3 Å². The number of anilines is 1. The number of hydrogen-bond acceptors (Lipinski definition) is 4. The molecule has 4 amide bonds. The van der Waals surface area contributed by atoms with Gasteiger partial charge in [-0.25, -0.2) is 4.79 Å². The lowest BCUT2D eigenvalue weighted by molar-refractivity contribution is -0.130. The fraction of sp³-hybridized carbons (Fsp3) is 0.500. The molecule has 0 unspecified atom stereocenters. The predicted octanol–water partition coefficient (Wildman–Crippen LogP) is 0.839. The van der Waals surface area contributed by atoms with Gasteiger partial charge in [0, 0.05) is 32.4 Å². The molecular formula is C18H24N4O3. The van der Waals surface area contributed by atoms with Crippen LogP contribution in [0.25, 0.3) is 0 Å². The molecule has 0 bridgehead atoms. The van der Waals surface area contributed by atoms with Crippen molar-refractivity contribution < 1.29 is 14.4 Å². The molecule has 1 saturated heterocycles. The predicted molar refractivity (Wildman–Crippen MR) is 94.3 cm³/mol. The molecule has 7 heteroatoms. The Hall–Kier alpha value is -2.57. The van der Waals surface area contributed by atoms with Crippen LogP contribution in [-0.2, 0) is 16.0 Å². The molecule has 1 N–H and O–H groups in total. The van der Waals surface area contributed by atoms with E-state index in [0.29, 0.717) is 6.54 Å². The number of benzene rings is 1. The van der Waals surface area contributed by atoms with Crippen molar-refractivity contribution in [2.75, 3.05) is 44.7 Å². The van der Waals surface area contributed by atoms with Gasteiger partial charge in [0.15, 0.2) is 0 Å². The molecule has 0 radical (unpaired) electrons. The highest BCUT2D eigenvalue weighted by molar-refractivity contribution is 6.04. The maximum atomic E-state index is 12.0. The van der Waals surface area contributed by atoms with E-state index in [1.54, 1.807) is 7.05 Å². The van der Waals surface area contributed by atoms with E-state index < -0.39 is 6.03 Å². The third-order valence-electron chi connectivity index (χ3n) is 4.67. The number of nitrogens with one attached hydrogen (secondary N) is 1. The van der Waals surface area contributed by atoms with Gasteiger partial charge in [-0.05, 0) is 30.9 Å². The van der Waals surface area contributed by atoms with Gasteiger partial charge >= 0.3 is 6.03 Å². The summed E-state index contributed by atoms with van der Waals surface area (Å²) in [7, 11) is 1.55. The number of hydrogen-bond donors (Lipinski definition) is 1. The van der Waals surface area contributed by atoms with E-state index in [-0.39, 0.29) is 24.9 Å². The summed E-state index contributed by atoms with van der Waals surface area (Å²) in [5, 5.41) is 2.80. The molecule has 0 spiro atoms. The highest BCUT2D eigenvalue weighted by Crippen LogP contribution is 2.26. The van der Waals surface area contributed by atoms with Gasteiger partial charge in [-0.1, -0.05) is 18.2 Å². The third kappa shape index (κ3) is 3.92. The number of nitrogens with zero attached hydrogens (tertiary/aromatic N) is 3. The van der Waals surface area contributed by atoms with Crippen LogP contribution in [0.15, 0.2) is 24.3 Å². The number of amides is 4. The first-order chi connectivity index (χ1) is 12.1. The van der Waals surface area contributed by atoms with Crippen molar-refractivity contribution in [3.05, 3.63) is 29.8 Å². The van der Waals surface area contributed by atoms with E-state index in [9.17, 15) is 14.4 Å². The Morgan fingerprint density at radius 2 is 2.04 bits per heavy atom. The second-order valence-corrected chi connectivity index (χ2v) is 6.54. The summed E-state index contributed by atoms with van der Waals surface area (Å²) >= 11 is 0. The Bertz CT molecular complexity index is 676. The molecule has 2 heterocycles. The Labute approximate surface area is 147 Å². The van der Waals surface area contributed by atoms with Crippen LogP contribution in [0.3, 0.4) is 0 Å². The van der Waals surface area contributed by atoms with Crippen LogP contribution >= 0.6 is 0 Å². The van der Waals surface area contributed by atoms with Crippen molar-refractivity contribution in [3.8, 4) is 0 Å². The maximum Gasteiger partial charge on any atom is 0.327 e. The van der Waals surface area contributed by atoms with Gasteiger partial charge in [0.05, 0.1) is 0 Å². The monoisotopic (exact) mass is 344 g/mol. The minimum Gasteiger partial charge on any atom is -0.371 e. The molecule has 0 aliphatic carbocycles. The molecule has 2 aliphatic heterocycles. The molecule has 7 nitrogen and oxygen atoms in total. The second kappa shape index (κ2) is 7.55. The average molecular weight is 344 g/mol. The first-order valence-electron chi connectivity index (χ1n) is 8.71. The van der Waals surface area contributed by atoms with E-state index in [4.69, 9.17) is 0 Å². The zero-order chi connectivity index (χ0) is 17.8. The highest BCUT2D eigenvalue weighted by atomic mass is 16.2. The van der Waals surface area contributed by atoms with Crippen LogP contribution < -0.4 is 10.2 Å². The van der Waals surface area contributed by atoms with Crippen molar-refractivity contribution in [2.45, 2.75) is 19.3 Å². The van der Waals surface area contributed by atoms with Crippen LogP contribution in [0.5, 0.6) is 0 Å². The smallest absolute Gasteiger partial charge is 0.327 e. The molecule has 3 rings (SSSR count). The fourth-order valence-corrected chi connectivity index (χ4v) is 3.37. The Morgan fingerprint density at radius 3 is 2.80 bits per heavy atom. The van der Waals surface area contributed by atoms with E-state index in [1.807, 2.05) is 0 Å². The lowest BCUT2D eigenvalue weighted by Crippen LogP contribution is -2.41. The van der Waals surface area contributed by atoms with Crippen molar-refractivity contribution in [3.63, 3.8) is 0 Å². The summed E-state index contributed by atoms with van der Waals surface area (Å²) in [5.74, 6) is -0.622. The van der Waals surface area contributed by atoms with Gasteiger partial charge in [-0.2, -0.15) is 0 Å². The minimum absolute atomic E-state index is 0.0421. The molecule has 134 valence electrons. The topological polar surface area (TPSA) is 73.0 Å². The van der Waals surface area contributed by atoms with Crippen molar-refractivity contribution in [1.29, 1.82) is 0 Å². The van der Waals surface area contributed by atoms with Crippen molar-refractivity contribution >= 4 is 23.5 Å². The summed E-state index contributed by atoms with van der Waals surface area (Å²) in [6.45, 7) is 2.29. The van der Waals surface area contributed by atoms with Gasteiger partial charge in [0.1, 0.15) is 13.1 Å². The molecule has 0 saturated carbocycles. The third-order valence-corrected chi connectivity index (χ3v) is 4.67. The second-order valence-electron chi connectivity index (χ2n) is 6.54. The number of imide groups is 1. The molecule has 1 fully saturated rings. The van der Waals surface area contributed by atoms with Crippen LogP contribution in [0.2, 0.25) is 0 Å². The van der Waals surface area contributed by atoms with Crippen LogP contribution in [0.4, 0.5) is 10.5 Å². The van der Waals surface area contributed by atoms with Crippen molar-refractivity contribution in [2.24, 2.45) is 0 Å². The van der Waals surface area contributed by atoms with E-state index in [1.165, 1.54) is 16.2 Å². The highest BCUT2D eigenvalue weighted by Gasteiger charge is 2.34. The number of carbonyl (C=O) groups is 3. The first-order valence-corrected chi connectivity index (χ1v) is 8.71. The number of rotatable bonds is 6. The average Bonchev–Trinajstić information content (AvgIpc) is 2.85. The minimum atomic E-state index is -0.412. The van der Waals surface area contributed by atoms with Crippen LogP contribution in [-0.4, -0.2) is 67.4 Å². The Kier molecular flexibility index (Phi) is 5.21. The number of carbonyl (C=O) groups excluding carboxylic acids is 3.